The highest BCUT2D eigenvalue weighted by molar-refractivity contribution is 6.42. The summed E-state index contributed by atoms with van der Waals surface area (Å²) in [5.74, 6) is 1.55. The van der Waals surface area contributed by atoms with Crippen molar-refractivity contribution in [2.75, 3.05) is 0 Å². The lowest BCUT2D eigenvalue weighted by Crippen LogP contribution is -2.09. The van der Waals surface area contributed by atoms with E-state index in [1.54, 1.807) is 12.1 Å². The normalized spacial score (nSPS) is 10.9. The second-order valence-electron chi connectivity index (χ2n) is 3.92. The lowest BCUT2D eigenvalue weighted by Gasteiger charge is -2.08. The molecule has 0 fully saturated rings. The summed E-state index contributed by atoms with van der Waals surface area (Å²) < 4.78 is 2.01. The maximum absolute atomic E-state index is 6.02. The van der Waals surface area contributed by atoms with Gasteiger partial charge in [-0.25, -0.2) is 0 Å². The minimum atomic E-state index is 0.369. The van der Waals surface area contributed by atoms with Crippen LogP contribution in [0.5, 0.6) is 0 Å². The van der Waals surface area contributed by atoms with Crippen LogP contribution in [-0.4, -0.2) is 14.8 Å². The van der Waals surface area contributed by atoms with Gasteiger partial charge in [0.1, 0.15) is 5.82 Å². The maximum atomic E-state index is 6.02. The first-order valence-corrected chi connectivity index (χ1v) is 6.50. The van der Waals surface area contributed by atoms with Gasteiger partial charge in [0.2, 0.25) is 0 Å². The average Bonchev–Trinajstić information content (AvgIpc) is 2.76. The van der Waals surface area contributed by atoms with E-state index in [1.807, 2.05) is 10.6 Å². The number of nitrogens with two attached hydrogens (primary N) is 1. The van der Waals surface area contributed by atoms with Crippen molar-refractivity contribution in [2.45, 2.75) is 26.4 Å². The van der Waals surface area contributed by atoms with Gasteiger partial charge in [0.25, 0.3) is 0 Å². The number of nitrogens with zero attached hydrogens (tertiary/aromatic N) is 3. The zero-order valence-corrected chi connectivity index (χ0v) is 11.5. The molecular weight excluding hydrogens is 271 g/mol. The summed E-state index contributed by atoms with van der Waals surface area (Å²) in [7, 11) is 0. The summed E-state index contributed by atoms with van der Waals surface area (Å²) in [6.45, 7) is 3.29. The molecule has 6 heteroatoms. The van der Waals surface area contributed by atoms with Crippen molar-refractivity contribution < 1.29 is 0 Å². The summed E-state index contributed by atoms with van der Waals surface area (Å²) in [4.78, 5) is 0. The fraction of sp³-hybridized carbons (Fsp3) is 0.333. The van der Waals surface area contributed by atoms with Crippen molar-refractivity contribution >= 4 is 23.2 Å². The van der Waals surface area contributed by atoms with E-state index >= 15 is 0 Å². The molecule has 18 heavy (non-hydrogen) atoms. The van der Waals surface area contributed by atoms with Gasteiger partial charge in [-0.1, -0.05) is 30.1 Å². The van der Waals surface area contributed by atoms with Crippen LogP contribution in [0.15, 0.2) is 18.2 Å². The van der Waals surface area contributed by atoms with Gasteiger partial charge in [0.05, 0.1) is 16.6 Å². The van der Waals surface area contributed by atoms with E-state index in [4.69, 9.17) is 28.9 Å². The molecule has 0 spiro atoms. The Bertz CT molecular complexity index is 551. The number of hydrogen-bond acceptors (Lipinski definition) is 3. The van der Waals surface area contributed by atoms with E-state index in [9.17, 15) is 0 Å². The summed E-state index contributed by atoms with van der Waals surface area (Å²) >= 11 is 11.9. The first-order valence-electron chi connectivity index (χ1n) is 5.75. The lowest BCUT2D eigenvalue weighted by molar-refractivity contribution is 0.644. The number of benzene rings is 1. The van der Waals surface area contributed by atoms with E-state index < -0.39 is 0 Å². The zero-order valence-electron chi connectivity index (χ0n) is 10.0. The second-order valence-corrected chi connectivity index (χ2v) is 4.74. The Balaban J connectivity index is 2.49. The van der Waals surface area contributed by atoms with Gasteiger partial charge in [-0.05, 0) is 24.6 Å². The van der Waals surface area contributed by atoms with E-state index in [0.717, 1.165) is 30.2 Å². The van der Waals surface area contributed by atoms with Crippen LogP contribution in [-0.2, 0) is 13.1 Å². The van der Waals surface area contributed by atoms with Gasteiger partial charge in [0, 0.05) is 12.1 Å². The topological polar surface area (TPSA) is 56.7 Å². The molecular formula is C12H14Cl2N4. The number of aromatic nitrogens is 3. The Morgan fingerprint density at radius 1 is 1.22 bits per heavy atom. The van der Waals surface area contributed by atoms with Crippen molar-refractivity contribution in [2.24, 2.45) is 5.73 Å². The highest BCUT2D eigenvalue weighted by Gasteiger charge is 2.13. The lowest BCUT2D eigenvalue weighted by atomic mass is 10.2. The van der Waals surface area contributed by atoms with E-state index in [0.29, 0.717) is 16.6 Å². The van der Waals surface area contributed by atoms with Crippen molar-refractivity contribution in [3.8, 4) is 11.4 Å². The van der Waals surface area contributed by atoms with Crippen molar-refractivity contribution in [1.29, 1.82) is 0 Å². The quantitative estimate of drug-likeness (QED) is 0.939. The Hall–Kier alpha value is -1.10. The molecule has 96 valence electrons. The highest BCUT2D eigenvalue weighted by Crippen LogP contribution is 2.28. The van der Waals surface area contributed by atoms with Gasteiger partial charge in [0.15, 0.2) is 5.82 Å². The molecule has 0 saturated heterocycles. The van der Waals surface area contributed by atoms with Gasteiger partial charge < -0.3 is 10.3 Å². The predicted octanol–water partition coefficient (Wildman–Crippen LogP) is 3.12. The number of halogens is 2. The van der Waals surface area contributed by atoms with Crippen LogP contribution in [0.1, 0.15) is 19.2 Å². The largest absolute Gasteiger partial charge is 0.324 e. The molecule has 1 heterocycles. The molecule has 2 N–H and O–H groups in total. The number of hydrogen-bond donors (Lipinski definition) is 1. The fourth-order valence-electron chi connectivity index (χ4n) is 1.79. The summed E-state index contributed by atoms with van der Waals surface area (Å²) in [6, 6.07) is 5.43. The predicted molar refractivity (Wildman–Crippen MR) is 73.7 cm³/mol. The van der Waals surface area contributed by atoms with Crippen molar-refractivity contribution in [3.05, 3.63) is 34.1 Å². The Morgan fingerprint density at radius 2 is 2.00 bits per heavy atom. The molecule has 4 nitrogen and oxygen atoms in total. The summed E-state index contributed by atoms with van der Waals surface area (Å²) in [5.41, 5.74) is 6.55. The molecule has 0 amide bonds. The molecule has 0 aliphatic heterocycles. The molecule has 0 unspecified atom stereocenters. The highest BCUT2D eigenvalue weighted by atomic mass is 35.5. The van der Waals surface area contributed by atoms with E-state index in [2.05, 4.69) is 17.1 Å². The zero-order chi connectivity index (χ0) is 13.1. The standard InChI is InChI=1S/C12H14Cl2N4/c1-2-5-18-11(7-15)16-17-12(18)8-3-4-9(13)10(14)6-8/h3-4,6H,2,5,7,15H2,1H3. The molecule has 2 rings (SSSR count). The summed E-state index contributed by atoms with van der Waals surface area (Å²) in [6.07, 6.45) is 0.985. The second kappa shape index (κ2) is 5.69. The molecule has 0 aliphatic carbocycles. The van der Waals surface area contributed by atoms with Crippen molar-refractivity contribution in [3.63, 3.8) is 0 Å². The van der Waals surface area contributed by atoms with Gasteiger partial charge in [-0.2, -0.15) is 0 Å². The molecule has 0 atom stereocenters. The Morgan fingerprint density at radius 3 is 2.61 bits per heavy atom. The molecule has 0 bridgehead atoms. The maximum Gasteiger partial charge on any atom is 0.164 e. The minimum absolute atomic E-state index is 0.369. The minimum Gasteiger partial charge on any atom is -0.324 e. The van der Waals surface area contributed by atoms with Crippen LogP contribution >= 0.6 is 23.2 Å². The number of rotatable bonds is 4. The fourth-order valence-corrected chi connectivity index (χ4v) is 2.09. The van der Waals surface area contributed by atoms with Crippen LogP contribution in [0.4, 0.5) is 0 Å². The molecule has 0 radical (unpaired) electrons. The molecule has 1 aromatic carbocycles. The van der Waals surface area contributed by atoms with Crippen LogP contribution in [0, 0.1) is 0 Å². The molecule has 2 aromatic rings. The first kappa shape index (κ1) is 13.3. The van der Waals surface area contributed by atoms with E-state index in [1.165, 1.54) is 0 Å². The molecule has 0 saturated carbocycles. The van der Waals surface area contributed by atoms with Crippen LogP contribution in [0.2, 0.25) is 10.0 Å². The van der Waals surface area contributed by atoms with Gasteiger partial charge in [-0.15, -0.1) is 10.2 Å². The van der Waals surface area contributed by atoms with Gasteiger partial charge >= 0.3 is 0 Å². The third kappa shape index (κ3) is 2.51. The smallest absolute Gasteiger partial charge is 0.164 e. The molecule has 1 aromatic heterocycles. The molecule has 0 aliphatic rings. The SMILES string of the molecule is CCCn1c(CN)nnc1-c1ccc(Cl)c(Cl)c1. The third-order valence-electron chi connectivity index (χ3n) is 2.63. The first-order chi connectivity index (χ1) is 8.67. The van der Waals surface area contributed by atoms with Crippen LogP contribution < -0.4 is 5.73 Å². The average molecular weight is 285 g/mol. The van der Waals surface area contributed by atoms with Crippen LogP contribution in [0.25, 0.3) is 11.4 Å². The van der Waals surface area contributed by atoms with E-state index in [-0.39, 0.29) is 0 Å². The Kier molecular flexibility index (Phi) is 4.22. The van der Waals surface area contributed by atoms with Gasteiger partial charge in [-0.3, -0.25) is 0 Å². The van der Waals surface area contributed by atoms with Crippen LogP contribution in [0.3, 0.4) is 0 Å². The Labute approximate surface area is 116 Å². The monoisotopic (exact) mass is 284 g/mol. The van der Waals surface area contributed by atoms with Crippen molar-refractivity contribution in [1.82, 2.24) is 14.8 Å². The summed E-state index contributed by atoms with van der Waals surface area (Å²) in [5, 5.41) is 9.31. The third-order valence-corrected chi connectivity index (χ3v) is 3.37.